The first-order valence-electron chi connectivity index (χ1n) is 9.32. The summed E-state index contributed by atoms with van der Waals surface area (Å²) in [6.07, 6.45) is 0. The second-order valence-corrected chi connectivity index (χ2v) is 6.89. The largest absolute Gasteiger partial charge is 0.329 e. The molecule has 10 N–H and O–H groups in total. The van der Waals surface area contributed by atoms with Crippen LogP contribution in [0.25, 0.3) is 0 Å². The zero-order valence-electron chi connectivity index (χ0n) is 15.6. The molecule has 0 aromatic carbocycles. The molecule has 0 spiro atoms. The predicted molar refractivity (Wildman–Crippen MR) is 102 cm³/mol. The van der Waals surface area contributed by atoms with E-state index in [0.29, 0.717) is 18.6 Å². The number of nitrogens with two attached hydrogens (primary N) is 4. The normalized spacial score (nSPS) is 27.0. The number of rotatable bonds is 6. The van der Waals surface area contributed by atoms with Crippen LogP contribution in [0, 0.1) is 0 Å². The van der Waals surface area contributed by atoms with Crippen molar-refractivity contribution in [1.82, 2.24) is 20.4 Å². The highest BCUT2D eigenvalue weighted by atomic mass is 15.3. The molecule has 2 aliphatic heterocycles. The summed E-state index contributed by atoms with van der Waals surface area (Å²) < 4.78 is 0. The summed E-state index contributed by atoms with van der Waals surface area (Å²) in [5.74, 6) is 0. The van der Waals surface area contributed by atoms with Crippen molar-refractivity contribution < 1.29 is 0 Å². The second-order valence-electron chi connectivity index (χ2n) is 6.89. The topological polar surface area (TPSA) is 135 Å². The summed E-state index contributed by atoms with van der Waals surface area (Å²) in [5, 5.41) is 6.65. The Bertz CT molecular complexity index is 306. The molecule has 2 saturated heterocycles. The Kier molecular flexibility index (Phi) is 11.0. The van der Waals surface area contributed by atoms with Crippen molar-refractivity contribution in [3.8, 4) is 0 Å². The molecule has 4 atom stereocenters. The van der Waals surface area contributed by atoms with E-state index in [-0.39, 0.29) is 12.1 Å². The van der Waals surface area contributed by atoms with Crippen molar-refractivity contribution in [2.75, 3.05) is 65.4 Å². The van der Waals surface area contributed by atoms with Gasteiger partial charge in [0.25, 0.3) is 0 Å². The molecular formula is C16H40N8. The molecule has 4 unspecified atom stereocenters. The highest BCUT2D eigenvalue weighted by molar-refractivity contribution is 4.91. The van der Waals surface area contributed by atoms with Gasteiger partial charge in [0.05, 0.1) is 0 Å². The lowest BCUT2D eigenvalue weighted by Gasteiger charge is -2.43. The van der Waals surface area contributed by atoms with Crippen molar-refractivity contribution in [3.63, 3.8) is 0 Å². The summed E-state index contributed by atoms with van der Waals surface area (Å²) in [4.78, 5) is 4.77. The number of nitrogens with one attached hydrogen (secondary N) is 2. The molecule has 8 nitrogen and oxygen atoms in total. The standard InChI is InChI=1S/C10H25N5.C6H15N3/c1-7(12)10-6-14-3-4-15(10)8(2)9(13)5-11;7-1-4-9-5-2-8-3-6-9/h7-10,14H,3-6,11-13H2,1-2H3;8H,1-7H2. The van der Waals surface area contributed by atoms with Gasteiger partial charge in [0.15, 0.2) is 0 Å². The first kappa shape index (κ1) is 21.7. The van der Waals surface area contributed by atoms with E-state index in [1.807, 2.05) is 6.92 Å². The Morgan fingerprint density at radius 1 is 1.00 bits per heavy atom. The van der Waals surface area contributed by atoms with Crippen LogP contribution >= 0.6 is 0 Å². The summed E-state index contributed by atoms with van der Waals surface area (Å²) in [7, 11) is 0. The van der Waals surface area contributed by atoms with Crippen molar-refractivity contribution in [3.05, 3.63) is 0 Å². The predicted octanol–water partition coefficient (Wildman–Crippen LogP) is -2.87. The average Bonchev–Trinajstić information content (AvgIpc) is 2.62. The van der Waals surface area contributed by atoms with Crippen LogP contribution in [0.4, 0.5) is 0 Å². The van der Waals surface area contributed by atoms with Gasteiger partial charge in [0, 0.05) is 89.6 Å². The fraction of sp³-hybridized carbons (Fsp3) is 1.00. The van der Waals surface area contributed by atoms with Gasteiger partial charge in [-0.15, -0.1) is 0 Å². The lowest BCUT2D eigenvalue weighted by Crippen LogP contribution is -2.64. The van der Waals surface area contributed by atoms with E-state index < -0.39 is 0 Å². The van der Waals surface area contributed by atoms with E-state index in [1.165, 1.54) is 0 Å². The van der Waals surface area contributed by atoms with E-state index in [2.05, 4.69) is 27.4 Å². The van der Waals surface area contributed by atoms with Gasteiger partial charge < -0.3 is 33.6 Å². The molecule has 2 rings (SSSR count). The van der Waals surface area contributed by atoms with Gasteiger partial charge >= 0.3 is 0 Å². The summed E-state index contributed by atoms with van der Waals surface area (Å²) in [5.41, 5.74) is 23.0. The Balaban J connectivity index is 0.000000272. The molecule has 2 aliphatic rings. The minimum atomic E-state index is 0.0318. The molecule has 0 amide bonds. The van der Waals surface area contributed by atoms with Crippen LogP contribution in [-0.2, 0) is 0 Å². The quantitative estimate of drug-likeness (QED) is 0.303. The minimum absolute atomic E-state index is 0.0318. The van der Waals surface area contributed by atoms with Crippen LogP contribution in [0.15, 0.2) is 0 Å². The second kappa shape index (κ2) is 12.1. The van der Waals surface area contributed by atoms with Gasteiger partial charge in [-0.2, -0.15) is 0 Å². The third-order valence-electron chi connectivity index (χ3n) is 5.00. The molecule has 0 aliphatic carbocycles. The lowest BCUT2D eigenvalue weighted by molar-refractivity contribution is 0.0882. The molecule has 0 radical (unpaired) electrons. The van der Waals surface area contributed by atoms with E-state index >= 15 is 0 Å². The Morgan fingerprint density at radius 3 is 2.17 bits per heavy atom. The molecule has 2 heterocycles. The van der Waals surface area contributed by atoms with E-state index in [4.69, 9.17) is 22.9 Å². The molecule has 0 aromatic heterocycles. The van der Waals surface area contributed by atoms with Crippen LogP contribution in [0.1, 0.15) is 13.8 Å². The highest BCUT2D eigenvalue weighted by Crippen LogP contribution is 2.12. The number of nitrogens with zero attached hydrogens (tertiary/aromatic N) is 2. The van der Waals surface area contributed by atoms with Crippen molar-refractivity contribution >= 4 is 0 Å². The molecule has 0 aromatic rings. The third kappa shape index (κ3) is 7.28. The lowest BCUT2D eigenvalue weighted by atomic mass is 10.0. The van der Waals surface area contributed by atoms with Crippen LogP contribution in [-0.4, -0.2) is 99.4 Å². The van der Waals surface area contributed by atoms with Gasteiger partial charge in [0.1, 0.15) is 0 Å². The Labute approximate surface area is 147 Å². The maximum atomic E-state index is 5.98. The Hall–Kier alpha value is -0.320. The summed E-state index contributed by atoms with van der Waals surface area (Å²) >= 11 is 0. The zero-order valence-corrected chi connectivity index (χ0v) is 15.6. The molecule has 0 saturated carbocycles. The van der Waals surface area contributed by atoms with Crippen LogP contribution in [0.2, 0.25) is 0 Å². The Morgan fingerprint density at radius 2 is 1.62 bits per heavy atom. The number of piperazine rings is 2. The van der Waals surface area contributed by atoms with E-state index in [1.54, 1.807) is 0 Å². The molecule has 0 bridgehead atoms. The minimum Gasteiger partial charge on any atom is -0.329 e. The van der Waals surface area contributed by atoms with Gasteiger partial charge in [0.2, 0.25) is 0 Å². The third-order valence-corrected chi connectivity index (χ3v) is 5.00. The van der Waals surface area contributed by atoms with Gasteiger partial charge in [-0.3, -0.25) is 9.80 Å². The van der Waals surface area contributed by atoms with Crippen LogP contribution in [0.3, 0.4) is 0 Å². The molecular weight excluding hydrogens is 304 g/mol. The van der Waals surface area contributed by atoms with Crippen molar-refractivity contribution in [2.45, 2.75) is 38.0 Å². The molecule has 24 heavy (non-hydrogen) atoms. The molecule has 8 heteroatoms. The maximum Gasteiger partial charge on any atom is 0.0373 e. The van der Waals surface area contributed by atoms with Crippen molar-refractivity contribution in [2.24, 2.45) is 22.9 Å². The van der Waals surface area contributed by atoms with Gasteiger partial charge in [-0.05, 0) is 13.8 Å². The number of hydrogen-bond acceptors (Lipinski definition) is 8. The summed E-state index contributed by atoms with van der Waals surface area (Å²) in [6.45, 7) is 14.1. The molecule has 144 valence electrons. The zero-order chi connectivity index (χ0) is 17.9. The monoisotopic (exact) mass is 344 g/mol. The fourth-order valence-corrected chi connectivity index (χ4v) is 3.29. The SMILES string of the molecule is CC(N)C1CNCCN1C(C)C(N)CN.NCCN1CCNCC1. The first-order valence-corrected chi connectivity index (χ1v) is 9.32. The maximum absolute atomic E-state index is 5.98. The molecule has 2 fully saturated rings. The number of hydrogen-bond donors (Lipinski definition) is 6. The van der Waals surface area contributed by atoms with Gasteiger partial charge in [-0.25, -0.2) is 0 Å². The summed E-state index contributed by atoms with van der Waals surface area (Å²) in [6, 6.07) is 0.856. The van der Waals surface area contributed by atoms with Crippen molar-refractivity contribution in [1.29, 1.82) is 0 Å². The average molecular weight is 345 g/mol. The van der Waals surface area contributed by atoms with E-state index in [0.717, 1.165) is 58.9 Å². The van der Waals surface area contributed by atoms with Crippen LogP contribution < -0.4 is 33.6 Å². The van der Waals surface area contributed by atoms with Crippen LogP contribution in [0.5, 0.6) is 0 Å². The van der Waals surface area contributed by atoms with Gasteiger partial charge in [-0.1, -0.05) is 0 Å². The first-order chi connectivity index (χ1) is 11.5. The highest BCUT2D eigenvalue weighted by Gasteiger charge is 2.30. The fourth-order valence-electron chi connectivity index (χ4n) is 3.29. The van der Waals surface area contributed by atoms with E-state index in [9.17, 15) is 0 Å². The smallest absolute Gasteiger partial charge is 0.0373 e.